The molecule has 1 unspecified atom stereocenters. The van der Waals surface area contributed by atoms with Crippen molar-refractivity contribution in [2.45, 2.75) is 19.4 Å². The van der Waals surface area contributed by atoms with Crippen molar-refractivity contribution >= 4 is 27.3 Å². The van der Waals surface area contributed by atoms with Crippen LogP contribution in [0.3, 0.4) is 0 Å². The number of pyridine rings is 1. The highest BCUT2D eigenvalue weighted by atomic mass is 79.9. The monoisotopic (exact) mass is 310 g/mol. The van der Waals surface area contributed by atoms with Gasteiger partial charge in [-0.2, -0.15) is 0 Å². The van der Waals surface area contributed by atoms with E-state index in [0.717, 1.165) is 6.42 Å². The highest BCUT2D eigenvalue weighted by molar-refractivity contribution is 9.10. The molecule has 0 radical (unpaired) electrons. The number of thiophene rings is 1. The lowest BCUT2D eigenvalue weighted by atomic mass is 10.0. The van der Waals surface area contributed by atoms with Crippen molar-refractivity contribution in [1.82, 2.24) is 10.3 Å². The molecule has 17 heavy (non-hydrogen) atoms. The van der Waals surface area contributed by atoms with Gasteiger partial charge in [0.15, 0.2) is 0 Å². The van der Waals surface area contributed by atoms with E-state index in [4.69, 9.17) is 0 Å². The summed E-state index contributed by atoms with van der Waals surface area (Å²) in [6.45, 7) is 2.11. The van der Waals surface area contributed by atoms with Crippen molar-refractivity contribution in [2.75, 3.05) is 7.05 Å². The Labute approximate surface area is 114 Å². The number of nitrogens with zero attached hydrogens (tertiary/aromatic N) is 1. The zero-order valence-corrected chi connectivity index (χ0v) is 12.3. The third-order valence-electron chi connectivity index (χ3n) is 2.87. The summed E-state index contributed by atoms with van der Waals surface area (Å²) >= 11 is 5.38. The molecule has 2 aromatic heterocycles. The van der Waals surface area contributed by atoms with Gasteiger partial charge in [-0.05, 0) is 58.5 Å². The Morgan fingerprint density at radius 1 is 1.47 bits per heavy atom. The predicted octanol–water partition coefficient (Wildman–Crippen LogP) is 3.72. The van der Waals surface area contributed by atoms with E-state index in [9.17, 15) is 0 Å². The van der Waals surface area contributed by atoms with Crippen molar-refractivity contribution in [2.24, 2.45) is 0 Å². The molecule has 2 aromatic rings. The number of aromatic nitrogens is 1. The van der Waals surface area contributed by atoms with Gasteiger partial charge in [-0.3, -0.25) is 4.98 Å². The number of hydrogen-bond acceptors (Lipinski definition) is 3. The quantitative estimate of drug-likeness (QED) is 0.931. The van der Waals surface area contributed by atoms with Gasteiger partial charge in [0.25, 0.3) is 0 Å². The third-order valence-corrected chi connectivity index (χ3v) is 4.82. The van der Waals surface area contributed by atoms with Crippen LogP contribution in [0.2, 0.25) is 0 Å². The fraction of sp³-hybridized carbons (Fsp3) is 0.308. The topological polar surface area (TPSA) is 24.9 Å². The molecular formula is C13H15BrN2S. The predicted molar refractivity (Wildman–Crippen MR) is 76.5 cm³/mol. The highest BCUT2D eigenvalue weighted by Gasteiger charge is 2.14. The summed E-state index contributed by atoms with van der Waals surface area (Å²) in [4.78, 5) is 5.52. The van der Waals surface area contributed by atoms with Crippen molar-refractivity contribution in [3.8, 4) is 0 Å². The van der Waals surface area contributed by atoms with Gasteiger partial charge in [0.05, 0.1) is 0 Å². The zero-order chi connectivity index (χ0) is 12.3. The smallest absolute Gasteiger partial charge is 0.0370 e. The summed E-state index contributed by atoms with van der Waals surface area (Å²) < 4.78 is 1.20. The summed E-state index contributed by atoms with van der Waals surface area (Å²) in [6, 6.07) is 4.54. The van der Waals surface area contributed by atoms with Gasteiger partial charge in [0.2, 0.25) is 0 Å². The van der Waals surface area contributed by atoms with Crippen LogP contribution in [0.25, 0.3) is 0 Å². The Bertz CT molecular complexity index is 496. The van der Waals surface area contributed by atoms with E-state index in [1.165, 1.54) is 20.5 Å². The van der Waals surface area contributed by atoms with Crippen molar-refractivity contribution in [3.63, 3.8) is 0 Å². The first-order chi connectivity index (χ1) is 8.22. The molecule has 0 saturated carbocycles. The van der Waals surface area contributed by atoms with Crippen molar-refractivity contribution in [1.29, 1.82) is 0 Å². The Hall–Kier alpha value is -0.710. The van der Waals surface area contributed by atoms with Gasteiger partial charge in [-0.25, -0.2) is 0 Å². The molecule has 2 heterocycles. The molecule has 0 fully saturated rings. The minimum atomic E-state index is 0.341. The minimum Gasteiger partial charge on any atom is -0.313 e. The molecule has 1 atom stereocenters. The molecule has 90 valence electrons. The van der Waals surface area contributed by atoms with Crippen LogP contribution in [0, 0.1) is 6.92 Å². The Morgan fingerprint density at radius 2 is 2.29 bits per heavy atom. The Morgan fingerprint density at radius 3 is 2.88 bits per heavy atom. The Balaban J connectivity index is 2.23. The van der Waals surface area contributed by atoms with Crippen LogP contribution in [0.15, 0.2) is 34.4 Å². The molecule has 0 aliphatic carbocycles. The second kappa shape index (κ2) is 5.76. The SMILES string of the molecule is CNC(Cc1sccc1Br)c1ccncc1C. The van der Waals surface area contributed by atoms with Gasteiger partial charge >= 0.3 is 0 Å². The molecule has 0 amide bonds. The van der Waals surface area contributed by atoms with Gasteiger partial charge in [-0.15, -0.1) is 11.3 Å². The Kier molecular flexibility index (Phi) is 4.31. The van der Waals surface area contributed by atoms with Crippen molar-refractivity contribution in [3.05, 3.63) is 50.4 Å². The lowest BCUT2D eigenvalue weighted by Gasteiger charge is -2.18. The molecule has 0 aromatic carbocycles. The zero-order valence-electron chi connectivity index (χ0n) is 9.90. The number of halogens is 1. The lowest BCUT2D eigenvalue weighted by molar-refractivity contribution is 0.591. The van der Waals surface area contributed by atoms with E-state index in [1.54, 1.807) is 11.3 Å². The molecule has 2 rings (SSSR count). The fourth-order valence-electron chi connectivity index (χ4n) is 1.90. The maximum absolute atomic E-state index is 4.14. The summed E-state index contributed by atoms with van der Waals surface area (Å²) in [7, 11) is 2.01. The van der Waals surface area contributed by atoms with E-state index < -0.39 is 0 Å². The molecule has 2 nitrogen and oxygen atoms in total. The van der Waals surface area contributed by atoms with E-state index in [0.29, 0.717) is 6.04 Å². The fourth-order valence-corrected chi connectivity index (χ4v) is 3.46. The molecule has 0 aliphatic rings. The van der Waals surface area contributed by atoms with Gasteiger partial charge < -0.3 is 5.32 Å². The van der Waals surface area contributed by atoms with E-state index in [2.05, 4.69) is 50.7 Å². The third kappa shape index (κ3) is 2.94. The van der Waals surface area contributed by atoms with E-state index >= 15 is 0 Å². The summed E-state index contributed by atoms with van der Waals surface area (Å²) in [6.07, 6.45) is 4.78. The largest absolute Gasteiger partial charge is 0.313 e. The van der Waals surface area contributed by atoms with Crippen molar-refractivity contribution < 1.29 is 0 Å². The van der Waals surface area contributed by atoms with E-state index in [-0.39, 0.29) is 0 Å². The normalized spacial score (nSPS) is 12.6. The van der Waals surface area contributed by atoms with Gasteiger partial charge in [0, 0.05) is 34.2 Å². The molecule has 4 heteroatoms. The summed E-state index contributed by atoms with van der Waals surface area (Å²) in [5.41, 5.74) is 2.56. The summed E-state index contributed by atoms with van der Waals surface area (Å²) in [5, 5.41) is 5.50. The van der Waals surface area contributed by atoms with Crippen LogP contribution in [-0.2, 0) is 6.42 Å². The van der Waals surface area contributed by atoms with Crippen LogP contribution in [-0.4, -0.2) is 12.0 Å². The number of nitrogens with one attached hydrogen (secondary N) is 1. The molecule has 0 aliphatic heterocycles. The average Bonchev–Trinajstić information content (AvgIpc) is 2.73. The van der Waals surface area contributed by atoms with E-state index in [1.807, 2.05) is 19.4 Å². The molecule has 0 bridgehead atoms. The second-order valence-corrected chi connectivity index (χ2v) is 5.82. The van der Waals surface area contributed by atoms with Crippen LogP contribution >= 0.6 is 27.3 Å². The molecule has 1 N–H and O–H groups in total. The number of hydrogen-bond donors (Lipinski definition) is 1. The van der Waals surface area contributed by atoms with Gasteiger partial charge in [-0.1, -0.05) is 0 Å². The maximum Gasteiger partial charge on any atom is 0.0370 e. The lowest BCUT2D eigenvalue weighted by Crippen LogP contribution is -2.19. The number of rotatable bonds is 4. The van der Waals surface area contributed by atoms with Crippen LogP contribution in [0.4, 0.5) is 0 Å². The average molecular weight is 311 g/mol. The van der Waals surface area contributed by atoms with Crippen LogP contribution in [0.1, 0.15) is 22.0 Å². The van der Waals surface area contributed by atoms with Crippen LogP contribution in [0.5, 0.6) is 0 Å². The first-order valence-electron chi connectivity index (χ1n) is 5.52. The number of aryl methyl sites for hydroxylation is 1. The highest BCUT2D eigenvalue weighted by Crippen LogP contribution is 2.28. The van der Waals surface area contributed by atoms with Crippen LogP contribution < -0.4 is 5.32 Å². The maximum atomic E-state index is 4.14. The number of likely N-dealkylation sites (N-methyl/N-ethyl adjacent to an activating group) is 1. The molecule has 0 saturated heterocycles. The second-order valence-electron chi connectivity index (χ2n) is 3.97. The molecule has 0 spiro atoms. The molecular weight excluding hydrogens is 296 g/mol. The summed E-state index contributed by atoms with van der Waals surface area (Å²) in [5.74, 6) is 0. The van der Waals surface area contributed by atoms with Gasteiger partial charge in [0.1, 0.15) is 0 Å². The first-order valence-corrected chi connectivity index (χ1v) is 7.19. The minimum absolute atomic E-state index is 0.341. The first kappa shape index (κ1) is 12.7. The standard InChI is InChI=1S/C13H15BrN2S/c1-9-8-16-5-3-10(9)12(15-2)7-13-11(14)4-6-17-13/h3-6,8,12,15H,7H2,1-2H3.